The molecule has 3 aromatic heterocycles. The van der Waals surface area contributed by atoms with Crippen LogP contribution in [0.1, 0.15) is 17.0 Å². The number of anilines is 3. The van der Waals surface area contributed by atoms with Crippen molar-refractivity contribution >= 4 is 28.7 Å². The number of pyridine rings is 1. The molecule has 2 aliphatic heterocycles. The summed E-state index contributed by atoms with van der Waals surface area (Å²) >= 11 is 0. The molecule has 0 aliphatic carbocycles. The van der Waals surface area contributed by atoms with Gasteiger partial charge in [0.25, 0.3) is 0 Å². The molecule has 30 heavy (non-hydrogen) atoms. The molecule has 8 heteroatoms. The summed E-state index contributed by atoms with van der Waals surface area (Å²) in [5.41, 5.74) is 7.89. The Morgan fingerprint density at radius 3 is 3.07 bits per heavy atom. The molecule has 0 bridgehead atoms. The minimum absolute atomic E-state index is 0.0408. The smallest absolute Gasteiger partial charge is 0.228 e. The van der Waals surface area contributed by atoms with Gasteiger partial charge in [0.2, 0.25) is 5.91 Å². The number of benzene rings is 1. The van der Waals surface area contributed by atoms with Crippen molar-refractivity contribution in [2.24, 2.45) is 0 Å². The summed E-state index contributed by atoms with van der Waals surface area (Å²) in [5.74, 6) is 0.815. The highest BCUT2D eigenvalue weighted by Gasteiger charge is 2.20. The van der Waals surface area contributed by atoms with Gasteiger partial charge >= 0.3 is 0 Å². The predicted molar refractivity (Wildman–Crippen MR) is 113 cm³/mol. The zero-order valence-corrected chi connectivity index (χ0v) is 16.5. The number of carbonyl (C=O) groups excluding carboxylic acids is 1. The molecule has 0 spiro atoms. The Morgan fingerprint density at radius 2 is 2.17 bits per heavy atom. The van der Waals surface area contributed by atoms with Crippen molar-refractivity contribution < 1.29 is 9.53 Å². The molecule has 8 nitrogen and oxygen atoms in total. The number of aryl methyl sites for hydroxylation is 1. The lowest BCUT2D eigenvalue weighted by molar-refractivity contribution is -0.115. The first-order chi connectivity index (χ1) is 14.7. The monoisotopic (exact) mass is 400 g/mol. The third-order valence-corrected chi connectivity index (χ3v) is 5.79. The number of imidazole rings is 1. The van der Waals surface area contributed by atoms with E-state index in [0.717, 1.165) is 57.5 Å². The molecular formula is C22H20N6O2. The molecule has 4 aromatic rings. The Kier molecular flexibility index (Phi) is 3.69. The Hall–Kier alpha value is -3.65. The Morgan fingerprint density at radius 1 is 1.23 bits per heavy atom. The van der Waals surface area contributed by atoms with E-state index in [4.69, 9.17) is 4.74 Å². The second kappa shape index (κ2) is 6.43. The van der Waals surface area contributed by atoms with Gasteiger partial charge in [0.05, 0.1) is 37.6 Å². The molecule has 0 saturated heterocycles. The first kappa shape index (κ1) is 17.2. The number of ether oxygens (including phenoxy) is 1. The fraction of sp³-hybridized carbons (Fsp3) is 0.227. The van der Waals surface area contributed by atoms with Crippen LogP contribution in [0.5, 0.6) is 0 Å². The average molecular weight is 400 g/mol. The van der Waals surface area contributed by atoms with Crippen LogP contribution < -0.4 is 10.6 Å². The molecule has 5 heterocycles. The van der Waals surface area contributed by atoms with Crippen LogP contribution in [0.2, 0.25) is 0 Å². The maximum absolute atomic E-state index is 11.7. The summed E-state index contributed by atoms with van der Waals surface area (Å²) in [6.45, 7) is 4.09. The van der Waals surface area contributed by atoms with Crippen molar-refractivity contribution in [2.75, 3.05) is 17.2 Å². The van der Waals surface area contributed by atoms with Crippen molar-refractivity contribution in [3.8, 4) is 11.1 Å². The van der Waals surface area contributed by atoms with Crippen LogP contribution in [0.3, 0.4) is 0 Å². The van der Waals surface area contributed by atoms with E-state index in [9.17, 15) is 4.79 Å². The minimum Gasteiger partial charge on any atom is -0.373 e. The standard InChI is InChI=1S/C22H20N6O2/c1-13-17(14-2-3-15-9-21(29)25-18(15)8-14)11-19(22-23-4-5-27(13)22)24-20-10-16-12-30-7-6-28(16)26-20/h2-5,8,10-11H,6-7,9,12H2,1H3,(H,24,26)(H,25,29). The third kappa shape index (κ3) is 2.68. The van der Waals surface area contributed by atoms with Crippen molar-refractivity contribution in [1.82, 2.24) is 19.2 Å². The van der Waals surface area contributed by atoms with Gasteiger partial charge < -0.3 is 19.8 Å². The van der Waals surface area contributed by atoms with Crippen LogP contribution in [0.15, 0.2) is 42.7 Å². The van der Waals surface area contributed by atoms with Gasteiger partial charge in [-0.05, 0) is 30.2 Å². The fourth-order valence-electron chi connectivity index (χ4n) is 4.27. The highest BCUT2D eigenvalue weighted by atomic mass is 16.5. The van der Waals surface area contributed by atoms with Crippen LogP contribution in [-0.2, 0) is 29.1 Å². The molecule has 0 fully saturated rings. The Labute approximate surface area is 172 Å². The zero-order valence-electron chi connectivity index (χ0n) is 16.5. The van der Waals surface area contributed by atoms with Crippen molar-refractivity contribution in [3.05, 3.63) is 59.7 Å². The summed E-state index contributed by atoms with van der Waals surface area (Å²) < 4.78 is 9.57. The van der Waals surface area contributed by atoms with E-state index in [-0.39, 0.29) is 5.91 Å². The summed E-state index contributed by atoms with van der Waals surface area (Å²) in [6, 6.07) is 10.3. The van der Waals surface area contributed by atoms with Crippen LogP contribution >= 0.6 is 0 Å². The number of fused-ring (bicyclic) bond motifs is 3. The lowest BCUT2D eigenvalue weighted by Crippen LogP contribution is -2.16. The van der Waals surface area contributed by atoms with Gasteiger partial charge in [-0.3, -0.25) is 9.48 Å². The van der Waals surface area contributed by atoms with Gasteiger partial charge in [-0.2, -0.15) is 5.10 Å². The van der Waals surface area contributed by atoms with E-state index in [1.807, 2.05) is 29.1 Å². The van der Waals surface area contributed by atoms with Crippen LogP contribution in [-0.4, -0.2) is 31.7 Å². The predicted octanol–water partition coefficient (Wildman–Crippen LogP) is 3.27. The van der Waals surface area contributed by atoms with Crippen molar-refractivity contribution in [3.63, 3.8) is 0 Å². The number of hydrogen-bond donors (Lipinski definition) is 2. The molecule has 1 aromatic carbocycles. The van der Waals surface area contributed by atoms with Crippen molar-refractivity contribution in [1.29, 1.82) is 0 Å². The van der Waals surface area contributed by atoms with Crippen LogP contribution in [0.4, 0.5) is 17.2 Å². The van der Waals surface area contributed by atoms with E-state index in [1.165, 1.54) is 0 Å². The number of nitrogens with one attached hydrogen (secondary N) is 2. The molecule has 0 radical (unpaired) electrons. The maximum Gasteiger partial charge on any atom is 0.228 e. The molecule has 2 aliphatic rings. The maximum atomic E-state index is 11.7. The number of nitrogens with zero attached hydrogens (tertiary/aromatic N) is 4. The topological polar surface area (TPSA) is 85.5 Å². The summed E-state index contributed by atoms with van der Waals surface area (Å²) in [7, 11) is 0. The highest BCUT2D eigenvalue weighted by molar-refractivity contribution is 6.00. The molecular weight excluding hydrogens is 380 g/mol. The first-order valence-electron chi connectivity index (χ1n) is 9.97. The third-order valence-electron chi connectivity index (χ3n) is 5.79. The van der Waals surface area contributed by atoms with E-state index in [0.29, 0.717) is 19.6 Å². The Bertz CT molecular complexity index is 1300. The van der Waals surface area contributed by atoms with E-state index in [2.05, 4.69) is 44.2 Å². The van der Waals surface area contributed by atoms with Crippen LogP contribution in [0, 0.1) is 6.92 Å². The van der Waals surface area contributed by atoms with E-state index in [1.54, 1.807) is 6.20 Å². The lowest BCUT2D eigenvalue weighted by atomic mass is 10.0. The summed E-state index contributed by atoms with van der Waals surface area (Å²) in [5, 5.41) is 11.0. The molecule has 0 saturated carbocycles. The summed E-state index contributed by atoms with van der Waals surface area (Å²) in [6.07, 6.45) is 4.20. The van der Waals surface area contributed by atoms with Crippen molar-refractivity contribution in [2.45, 2.75) is 26.5 Å². The SMILES string of the molecule is Cc1c(-c2ccc3c(c2)NC(=O)C3)cc(Nc2cc3n(n2)CCOC3)c2nccn12. The fourth-order valence-corrected chi connectivity index (χ4v) is 4.27. The van der Waals surface area contributed by atoms with Crippen LogP contribution in [0.25, 0.3) is 16.8 Å². The molecule has 1 amide bonds. The normalized spacial score (nSPS) is 15.2. The van der Waals surface area contributed by atoms with Gasteiger partial charge in [0.1, 0.15) is 0 Å². The van der Waals surface area contributed by atoms with E-state index >= 15 is 0 Å². The number of aromatic nitrogens is 4. The largest absolute Gasteiger partial charge is 0.373 e. The quantitative estimate of drug-likeness (QED) is 0.551. The van der Waals surface area contributed by atoms with Gasteiger partial charge in [-0.1, -0.05) is 12.1 Å². The van der Waals surface area contributed by atoms with Gasteiger partial charge in [-0.15, -0.1) is 0 Å². The molecule has 0 atom stereocenters. The minimum atomic E-state index is 0.0408. The van der Waals surface area contributed by atoms with E-state index < -0.39 is 0 Å². The van der Waals surface area contributed by atoms with Gasteiger partial charge in [0.15, 0.2) is 11.5 Å². The summed E-state index contributed by atoms with van der Waals surface area (Å²) in [4.78, 5) is 16.3. The number of amides is 1. The molecule has 0 unspecified atom stereocenters. The average Bonchev–Trinajstić information content (AvgIpc) is 3.46. The number of carbonyl (C=O) groups is 1. The zero-order chi connectivity index (χ0) is 20.2. The second-order valence-electron chi connectivity index (χ2n) is 7.70. The van der Waals surface area contributed by atoms with Gasteiger partial charge in [0, 0.05) is 35.4 Å². The molecule has 6 rings (SSSR count). The lowest BCUT2D eigenvalue weighted by Gasteiger charge is -2.14. The first-order valence-corrected chi connectivity index (χ1v) is 9.97. The highest BCUT2D eigenvalue weighted by Crippen LogP contribution is 2.34. The molecule has 2 N–H and O–H groups in total. The second-order valence-corrected chi connectivity index (χ2v) is 7.70. The molecule has 150 valence electrons. The number of rotatable bonds is 3. The Balaban J connectivity index is 1.45. The number of hydrogen-bond acceptors (Lipinski definition) is 5. The van der Waals surface area contributed by atoms with Gasteiger partial charge in [-0.25, -0.2) is 4.98 Å².